The summed E-state index contributed by atoms with van der Waals surface area (Å²) >= 11 is 0. The van der Waals surface area contributed by atoms with Gasteiger partial charge in [0.05, 0.1) is 11.4 Å². The topological polar surface area (TPSA) is 83.3 Å². The molecule has 0 amide bonds. The number of rotatable bonds is 7. The minimum atomic E-state index is -0.249. The number of nitrogens with one attached hydrogen (secondary N) is 1. The number of quaternary nitrogens is 1. The maximum absolute atomic E-state index is 13.4. The normalized spacial score (nSPS) is 19.6. The number of anilines is 1. The van der Waals surface area contributed by atoms with Gasteiger partial charge >= 0.3 is 0 Å². The summed E-state index contributed by atoms with van der Waals surface area (Å²) in [5.41, 5.74) is 6.74. The molecular weight excluding hydrogens is 367 g/mol. The predicted molar refractivity (Wildman–Crippen MR) is 113 cm³/mol. The Morgan fingerprint density at radius 1 is 1.17 bits per heavy atom. The Balaban J connectivity index is 1.68. The molecule has 1 aliphatic carbocycles. The third kappa shape index (κ3) is 4.56. The lowest BCUT2D eigenvalue weighted by Gasteiger charge is -2.24. The van der Waals surface area contributed by atoms with Crippen molar-refractivity contribution in [1.82, 2.24) is 19.7 Å². The van der Waals surface area contributed by atoms with Crippen LogP contribution in [0.3, 0.4) is 0 Å². The summed E-state index contributed by atoms with van der Waals surface area (Å²) in [5.74, 6) is 0.976. The van der Waals surface area contributed by atoms with Crippen LogP contribution in [-0.4, -0.2) is 32.3 Å². The number of nitrogens with zero attached hydrogens (tertiary/aromatic N) is 4. The molecular formula is C22H30FN6+. The molecule has 2 heterocycles. The van der Waals surface area contributed by atoms with E-state index in [1.165, 1.54) is 37.8 Å². The van der Waals surface area contributed by atoms with Gasteiger partial charge in [-0.3, -0.25) is 0 Å². The number of aromatic nitrogens is 4. The lowest BCUT2D eigenvalue weighted by atomic mass is 9.86. The lowest BCUT2D eigenvalue weighted by Crippen LogP contribution is -2.61. The van der Waals surface area contributed by atoms with E-state index in [9.17, 15) is 4.39 Å². The number of hydrogen-bond acceptors (Lipinski definition) is 4. The molecule has 2 aromatic heterocycles. The minimum Gasteiger partial charge on any atom is -0.355 e. The maximum atomic E-state index is 13.4. The van der Waals surface area contributed by atoms with Gasteiger partial charge in [0.1, 0.15) is 11.5 Å². The fraction of sp³-hybridized carbons (Fsp3) is 0.500. The average Bonchev–Trinajstić information content (AvgIpc) is 3.08. The number of fused-ring (bicyclic) bond motifs is 1. The van der Waals surface area contributed by atoms with Gasteiger partial charge in [0, 0.05) is 24.8 Å². The van der Waals surface area contributed by atoms with Crippen molar-refractivity contribution in [1.29, 1.82) is 0 Å². The van der Waals surface area contributed by atoms with Crippen molar-refractivity contribution in [3.8, 4) is 11.3 Å². The van der Waals surface area contributed by atoms with E-state index in [2.05, 4.69) is 23.0 Å². The van der Waals surface area contributed by atoms with E-state index in [1.54, 1.807) is 12.1 Å². The molecule has 0 bridgehead atoms. The van der Waals surface area contributed by atoms with Gasteiger partial charge in [-0.2, -0.15) is 10.1 Å². The van der Waals surface area contributed by atoms with Crippen LogP contribution in [0.2, 0.25) is 0 Å². The number of unbranched alkanes of at least 4 members (excludes halogenated alkanes) is 1. The van der Waals surface area contributed by atoms with Crippen molar-refractivity contribution in [2.75, 3.05) is 11.9 Å². The van der Waals surface area contributed by atoms with E-state index in [0.717, 1.165) is 48.2 Å². The van der Waals surface area contributed by atoms with Crippen LogP contribution in [0.5, 0.6) is 0 Å². The summed E-state index contributed by atoms with van der Waals surface area (Å²) in [6.45, 7) is 3.86. The molecule has 0 saturated heterocycles. The zero-order valence-corrected chi connectivity index (χ0v) is 17.1. The molecule has 29 heavy (non-hydrogen) atoms. The van der Waals surface area contributed by atoms with Crippen LogP contribution in [0, 0.1) is 11.7 Å². The highest BCUT2D eigenvalue weighted by Crippen LogP contribution is 2.30. The van der Waals surface area contributed by atoms with Crippen LogP contribution in [0.4, 0.5) is 10.3 Å². The van der Waals surface area contributed by atoms with Crippen LogP contribution in [0.1, 0.15) is 45.4 Å². The van der Waals surface area contributed by atoms with Gasteiger partial charge in [0.25, 0.3) is 0 Å². The van der Waals surface area contributed by atoms with E-state index in [-0.39, 0.29) is 5.82 Å². The summed E-state index contributed by atoms with van der Waals surface area (Å²) < 4.78 is 15.4. The quantitative estimate of drug-likeness (QED) is 0.596. The van der Waals surface area contributed by atoms with Crippen molar-refractivity contribution < 1.29 is 10.1 Å². The Bertz CT molecular complexity index is 944. The maximum Gasteiger partial charge on any atom is 0.224 e. The fourth-order valence-electron chi connectivity index (χ4n) is 4.03. The monoisotopic (exact) mass is 397 g/mol. The molecule has 1 aliphatic rings. The first-order chi connectivity index (χ1) is 14.1. The summed E-state index contributed by atoms with van der Waals surface area (Å²) in [4.78, 5) is 9.28. The van der Waals surface area contributed by atoms with Crippen LogP contribution < -0.4 is 11.1 Å². The molecule has 0 spiro atoms. The Morgan fingerprint density at radius 2 is 1.93 bits per heavy atom. The standard InChI is InChI=1S/C22H29FN6/c1-2-3-12-25-22-26-13-19-20(16-6-8-17(23)9-7-16)28-29(21(19)27-22)14-15-4-10-18(24)11-5-15/h6-9,13,15,18H,2-5,10-12,14,24H2,1H3,(H,25,26,27)/p+1. The second-order valence-corrected chi connectivity index (χ2v) is 8.14. The van der Waals surface area contributed by atoms with Crippen LogP contribution in [0.25, 0.3) is 22.3 Å². The smallest absolute Gasteiger partial charge is 0.224 e. The predicted octanol–water partition coefficient (Wildman–Crippen LogP) is 3.65. The third-order valence-corrected chi connectivity index (χ3v) is 5.82. The van der Waals surface area contributed by atoms with Crippen molar-refractivity contribution in [2.24, 2.45) is 5.92 Å². The third-order valence-electron chi connectivity index (χ3n) is 5.82. The zero-order chi connectivity index (χ0) is 20.2. The highest BCUT2D eigenvalue weighted by molar-refractivity contribution is 5.91. The first kappa shape index (κ1) is 19.8. The molecule has 1 fully saturated rings. The van der Waals surface area contributed by atoms with Gasteiger partial charge in [-0.15, -0.1) is 0 Å². The molecule has 4 rings (SSSR count). The van der Waals surface area contributed by atoms with Crippen molar-refractivity contribution in [3.05, 3.63) is 36.3 Å². The highest BCUT2D eigenvalue weighted by Gasteiger charge is 2.23. The van der Waals surface area contributed by atoms with Crippen molar-refractivity contribution in [3.63, 3.8) is 0 Å². The van der Waals surface area contributed by atoms with Gasteiger partial charge < -0.3 is 11.1 Å². The SMILES string of the molecule is CCCCNc1ncc2c(-c3ccc(F)cc3)nn(CC3CCC([NH3+])CC3)c2n1. The number of benzene rings is 1. The number of halogens is 1. The Hall–Kier alpha value is -2.54. The van der Waals surface area contributed by atoms with Crippen molar-refractivity contribution >= 4 is 17.0 Å². The highest BCUT2D eigenvalue weighted by atomic mass is 19.1. The Labute approximate surface area is 170 Å². The molecule has 3 aromatic rings. The Kier molecular flexibility index (Phi) is 6.04. The average molecular weight is 398 g/mol. The fourth-order valence-corrected chi connectivity index (χ4v) is 4.03. The van der Waals surface area contributed by atoms with Gasteiger partial charge in [-0.25, -0.2) is 14.1 Å². The van der Waals surface area contributed by atoms with Crippen LogP contribution in [-0.2, 0) is 6.54 Å². The molecule has 0 atom stereocenters. The van der Waals surface area contributed by atoms with Crippen LogP contribution >= 0.6 is 0 Å². The van der Waals surface area contributed by atoms with E-state index in [4.69, 9.17) is 10.1 Å². The summed E-state index contributed by atoms with van der Waals surface area (Å²) in [6.07, 6.45) is 8.74. The summed E-state index contributed by atoms with van der Waals surface area (Å²) in [7, 11) is 0. The van der Waals surface area contributed by atoms with Gasteiger partial charge in [-0.05, 0) is 62.3 Å². The lowest BCUT2D eigenvalue weighted by molar-refractivity contribution is -0.426. The second-order valence-electron chi connectivity index (χ2n) is 8.14. The van der Waals surface area contributed by atoms with E-state index in [1.807, 2.05) is 10.9 Å². The first-order valence-electron chi connectivity index (χ1n) is 10.7. The van der Waals surface area contributed by atoms with Crippen molar-refractivity contribution in [2.45, 2.75) is 58.0 Å². The zero-order valence-electron chi connectivity index (χ0n) is 17.1. The Morgan fingerprint density at radius 3 is 2.66 bits per heavy atom. The molecule has 4 N–H and O–H groups in total. The largest absolute Gasteiger partial charge is 0.355 e. The second kappa shape index (κ2) is 8.86. The first-order valence-corrected chi connectivity index (χ1v) is 10.7. The molecule has 0 unspecified atom stereocenters. The van der Waals surface area contributed by atoms with Gasteiger partial charge in [0.2, 0.25) is 5.95 Å². The number of hydrogen-bond donors (Lipinski definition) is 2. The van der Waals surface area contributed by atoms with Gasteiger partial charge in [0.15, 0.2) is 5.65 Å². The van der Waals surface area contributed by atoms with E-state index >= 15 is 0 Å². The molecule has 6 nitrogen and oxygen atoms in total. The summed E-state index contributed by atoms with van der Waals surface area (Å²) in [5, 5.41) is 9.10. The molecule has 0 radical (unpaired) electrons. The molecule has 7 heteroatoms. The molecule has 1 aromatic carbocycles. The van der Waals surface area contributed by atoms with Crippen LogP contribution in [0.15, 0.2) is 30.5 Å². The van der Waals surface area contributed by atoms with E-state index < -0.39 is 0 Å². The molecule has 154 valence electrons. The molecule has 1 saturated carbocycles. The summed E-state index contributed by atoms with van der Waals surface area (Å²) in [6, 6.07) is 7.05. The minimum absolute atomic E-state index is 0.249. The molecule has 0 aliphatic heterocycles. The van der Waals surface area contributed by atoms with E-state index in [0.29, 0.717) is 17.9 Å². The van der Waals surface area contributed by atoms with Gasteiger partial charge in [-0.1, -0.05) is 13.3 Å².